The lowest BCUT2D eigenvalue weighted by molar-refractivity contribution is -0.155. The lowest BCUT2D eigenvalue weighted by Gasteiger charge is -2.56. The topological polar surface area (TPSA) is 46.6 Å². The van der Waals surface area contributed by atoms with Crippen molar-refractivity contribution in [1.82, 2.24) is 0 Å². The van der Waals surface area contributed by atoms with Gasteiger partial charge in [-0.1, -0.05) is 19.1 Å². The summed E-state index contributed by atoms with van der Waals surface area (Å²) in [4.78, 5) is 28.6. The smallest absolute Gasteiger partial charge is 0.306 e. The van der Waals surface area contributed by atoms with E-state index in [2.05, 4.69) is 13.0 Å². The highest BCUT2D eigenvalue weighted by Crippen LogP contribution is 2.61. The summed E-state index contributed by atoms with van der Waals surface area (Å²) >= 11 is 1.81. The molecule has 4 aliphatic carbocycles. The highest BCUT2D eigenvalue weighted by molar-refractivity contribution is 8.00. The van der Waals surface area contributed by atoms with Gasteiger partial charge in [-0.05, 0) is 80.2 Å². The van der Waals surface area contributed by atoms with Gasteiger partial charge in [0.05, 0.1) is 12.1 Å². The van der Waals surface area contributed by atoms with Crippen LogP contribution >= 0.6 is 11.8 Å². The number of nitrogens with zero attached hydrogens (tertiary/aromatic N) is 1. The number of ether oxygens (including phenoxy) is 1. The van der Waals surface area contributed by atoms with Gasteiger partial charge >= 0.3 is 5.97 Å². The molecule has 4 nitrogen and oxygen atoms in total. The molecule has 1 aromatic rings. The van der Waals surface area contributed by atoms with Crippen LogP contribution in [0.4, 0.5) is 5.69 Å². The number of fused-ring (bicyclic) bond motifs is 1. The minimum atomic E-state index is -0.175. The molecular formula is C24H31NO3S. The van der Waals surface area contributed by atoms with E-state index in [1.807, 2.05) is 34.9 Å². The number of carbonyl (C=O) groups excluding carboxylic acids is 2. The summed E-state index contributed by atoms with van der Waals surface area (Å²) in [7, 11) is 0. The van der Waals surface area contributed by atoms with Gasteiger partial charge in [-0.2, -0.15) is 0 Å². The Hall–Kier alpha value is -1.49. The second kappa shape index (κ2) is 7.64. The van der Waals surface area contributed by atoms with Gasteiger partial charge in [0.2, 0.25) is 0 Å². The largest absolute Gasteiger partial charge is 0.456 e. The molecule has 0 radical (unpaired) electrons. The van der Waals surface area contributed by atoms with Crippen molar-refractivity contribution in [3.05, 3.63) is 24.3 Å². The standard InChI is InChI=1S/C24H31NO3S/c1-16-6-7-25(20-4-2-3-5-21(20)29-16)22(26)15-28-23(27)14-24-11-17-8-18(12-24)10-19(9-17)13-24/h2-5,16-19H,6-15H2,1H3/t16-,17?,18?,19?,24?/m0/s1. The monoisotopic (exact) mass is 413 g/mol. The molecule has 4 bridgehead atoms. The maximum atomic E-state index is 12.9. The van der Waals surface area contributed by atoms with Gasteiger partial charge in [-0.15, -0.1) is 11.8 Å². The summed E-state index contributed by atoms with van der Waals surface area (Å²) < 4.78 is 5.54. The highest BCUT2D eigenvalue weighted by Gasteiger charge is 2.51. The highest BCUT2D eigenvalue weighted by atomic mass is 32.2. The molecule has 156 valence electrons. The van der Waals surface area contributed by atoms with Crippen molar-refractivity contribution < 1.29 is 14.3 Å². The zero-order valence-electron chi connectivity index (χ0n) is 17.3. The maximum absolute atomic E-state index is 12.9. The molecule has 6 rings (SSSR count). The van der Waals surface area contributed by atoms with Crippen molar-refractivity contribution in [3.63, 3.8) is 0 Å². The number of benzene rings is 1. The normalized spacial score (nSPS) is 35.1. The molecule has 5 heteroatoms. The van der Waals surface area contributed by atoms with Crippen LogP contribution in [-0.2, 0) is 14.3 Å². The van der Waals surface area contributed by atoms with Crippen LogP contribution in [0.25, 0.3) is 0 Å². The van der Waals surface area contributed by atoms with E-state index in [1.165, 1.54) is 38.5 Å². The number of para-hydroxylation sites is 1. The number of hydrogen-bond donors (Lipinski definition) is 0. The maximum Gasteiger partial charge on any atom is 0.306 e. The van der Waals surface area contributed by atoms with Crippen molar-refractivity contribution in [3.8, 4) is 0 Å². The molecule has 0 saturated heterocycles. The summed E-state index contributed by atoms with van der Waals surface area (Å²) in [6, 6.07) is 8.05. The Balaban J connectivity index is 1.20. The van der Waals surface area contributed by atoms with E-state index in [9.17, 15) is 9.59 Å². The molecule has 0 unspecified atom stereocenters. The summed E-state index contributed by atoms with van der Waals surface area (Å²) in [6.07, 6.45) is 9.14. The fourth-order valence-electron chi connectivity index (χ4n) is 6.83. The Labute approximate surface area is 177 Å². The zero-order chi connectivity index (χ0) is 20.0. The molecule has 4 saturated carbocycles. The van der Waals surface area contributed by atoms with Gasteiger partial charge in [0.25, 0.3) is 5.91 Å². The Morgan fingerprint density at radius 3 is 2.45 bits per heavy atom. The van der Waals surface area contributed by atoms with Crippen molar-refractivity contribution in [2.75, 3.05) is 18.1 Å². The fraction of sp³-hybridized carbons (Fsp3) is 0.667. The van der Waals surface area contributed by atoms with E-state index in [0.29, 0.717) is 18.2 Å². The van der Waals surface area contributed by atoms with Crippen LogP contribution in [0.1, 0.15) is 58.3 Å². The summed E-state index contributed by atoms with van der Waals surface area (Å²) in [5.41, 5.74) is 1.11. The minimum absolute atomic E-state index is 0.106. The van der Waals surface area contributed by atoms with Gasteiger partial charge in [-0.3, -0.25) is 9.59 Å². The van der Waals surface area contributed by atoms with E-state index >= 15 is 0 Å². The SMILES string of the molecule is C[C@H]1CCN(C(=O)COC(=O)CC23CC4CC(CC(C4)C2)C3)c2ccccc2S1. The third-order valence-corrected chi connectivity index (χ3v) is 8.82. The van der Waals surface area contributed by atoms with Crippen molar-refractivity contribution >= 4 is 29.3 Å². The third kappa shape index (κ3) is 3.95. The Morgan fingerprint density at radius 1 is 1.10 bits per heavy atom. The molecule has 5 aliphatic rings. The number of hydrogen-bond acceptors (Lipinski definition) is 4. The van der Waals surface area contributed by atoms with E-state index in [0.717, 1.165) is 34.8 Å². The van der Waals surface area contributed by atoms with Crippen LogP contribution in [0.5, 0.6) is 0 Å². The van der Waals surface area contributed by atoms with E-state index in [1.54, 1.807) is 0 Å². The Bertz CT molecular complexity index is 772. The number of esters is 1. The first-order chi connectivity index (χ1) is 14.0. The molecule has 4 fully saturated rings. The number of amides is 1. The van der Waals surface area contributed by atoms with Crippen LogP contribution in [0.15, 0.2) is 29.2 Å². The lowest BCUT2D eigenvalue weighted by atomic mass is 9.49. The van der Waals surface area contributed by atoms with E-state index in [-0.39, 0.29) is 23.9 Å². The third-order valence-electron chi connectivity index (χ3n) is 7.59. The first kappa shape index (κ1) is 19.5. The van der Waals surface area contributed by atoms with Gasteiger partial charge in [0.1, 0.15) is 0 Å². The molecule has 1 aliphatic heterocycles. The average Bonchev–Trinajstić information content (AvgIpc) is 2.83. The Kier molecular flexibility index (Phi) is 5.13. The average molecular weight is 414 g/mol. The number of carbonyl (C=O) groups is 2. The fourth-order valence-corrected chi connectivity index (χ4v) is 7.94. The molecule has 0 spiro atoms. The number of thioether (sulfide) groups is 1. The van der Waals surface area contributed by atoms with Crippen LogP contribution in [0.3, 0.4) is 0 Å². The van der Waals surface area contributed by atoms with Gasteiger partial charge in [-0.25, -0.2) is 0 Å². The summed E-state index contributed by atoms with van der Waals surface area (Å²) in [5.74, 6) is 2.19. The van der Waals surface area contributed by atoms with Crippen molar-refractivity contribution in [1.29, 1.82) is 0 Å². The predicted octanol–water partition coefficient (Wildman–Crippen LogP) is 5.05. The number of anilines is 1. The predicted molar refractivity (Wildman–Crippen MR) is 115 cm³/mol. The molecular weight excluding hydrogens is 382 g/mol. The molecule has 0 N–H and O–H groups in total. The summed E-state index contributed by atoms with van der Waals surface area (Å²) in [6.45, 7) is 2.73. The van der Waals surface area contributed by atoms with Crippen LogP contribution in [-0.4, -0.2) is 30.3 Å². The van der Waals surface area contributed by atoms with Crippen molar-refractivity contribution in [2.45, 2.75) is 68.4 Å². The van der Waals surface area contributed by atoms with Gasteiger partial charge in [0.15, 0.2) is 6.61 Å². The van der Waals surface area contributed by atoms with Crippen LogP contribution < -0.4 is 4.90 Å². The molecule has 1 aromatic carbocycles. The molecule has 29 heavy (non-hydrogen) atoms. The minimum Gasteiger partial charge on any atom is -0.456 e. The lowest BCUT2D eigenvalue weighted by Crippen LogP contribution is -2.47. The van der Waals surface area contributed by atoms with E-state index in [4.69, 9.17) is 4.74 Å². The molecule has 1 amide bonds. The Morgan fingerprint density at radius 2 is 1.76 bits per heavy atom. The first-order valence-corrected chi connectivity index (χ1v) is 12.1. The van der Waals surface area contributed by atoms with Crippen molar-refractivity contribution in [2.24, 2.45) is 23.2 Å². The first-order valence-electron chi connectivity index (χ1n) is 11.2. The number of rotatable bonds is 4. The van der Waals surface area contributed by atoms with Gasteiger partial charge < -0.3 is 9.64 Å². The second-order valence-electron chi connectivity index (χ2n) is 9.99. The molecule has 1 heterocycles. The zero-order valence-corrected chi connectivity index (χ0v) is 18.1. The van der Waals surface area contributed by atoms with E-state index < -0.39 is 0 Å². The second-order valence-corrected chi connectivity index (χ2v) is 11.5. The summed E-state index contributed by atoms with van der Waals surface area (Å²) in [5, 5.41) is 0.465. The quantitative estimate of drug-likeness (QED) is 0.648. The van der Waals surface area contributed by atoms with Gasteiger partial charge in [0, 0.05) is 16.7 Å². The van der Waals surface area contributed by atoms with Crippen LogP contribution in [0, 0.1) is 23.2 Å². The molecule has 1 atom stereocenters. The molecule has 0 aromatic heterocycles. The van der Waals surface area contributed by atoms with Crippen LogP contribution in [0.2, 0.25) is 0 Å².